The number of nitrogens with zero attached hydrogens (tertiary/aromatic N) is 2. The van der Waals surface area contributed by atoms with Crippen molar-refractivity contribution >= 4 is 21.7 Å². The van der Waals surface area contributed by atoms with Crippen molar-refractivity contribution in [3.63, 3.8) is 0 Å². The van der Waals surface area contributed by atoms with Gasteiger partial charge >= 0.3 is 0 Å². The quantitative estimate of drug-likeness (QED) is 0.612. The summed E-state index contributed by atoms with van der Waals surface area (Å²) in [7, 11) is 0. The normalized spacial score (nSPS) is 12.8. The van der Waals surface area contributed by atoms with Crippen molar-refractivity contribution in [3.05, 3.63) is 46.5 Å². The Morgan fingerprint density at radius 2 is 2.21 bits per heavy atom. The predicted octanol–water partition coefficient (Wildman–Crippen LogP) is 2.18. The van der Waals surface area contributed by atoms with E-state index in [1.807, 2.05) is 22.8 Å². The molecule has 1 aliphatic heterocycles. The van der Waals surface area contributed by atoms with E-state index in [4.69, 9.17) is 0 Å². The van der Waals surface area contributed by atoms with Crippen LogP contribution in [-0.4, -0.2) is 15.3 Å². The van der Waals surface area contributed by atoms with E-state index >= 15 is 0 Å². The highest BCUT2D eigenvalue weighted by molar-refractivity contribution is 9.10. The Balaban J connectivity index is 2.40. The lowest BCUT2D eigenvalue weighted by Crippen LogP contribution is -1.96. The standard InChI is InChI=1S/C10H5BrN2O/c11-6-1-2-7-8(5-6)13-4-3-12-10(13)9(7)14/h1-5H. The van der Waals surface area contributed by atoms with Crippen LogP contribution in [0.2, 0.25) is 0 Å². The van der Waals surface area contributed by atoms with E-state index in [9.17, 15) is 4.79 Å². The Morgan fingerprint density at radius 1 is 1.36 bits per heavy atom. The van der Waals surface area contributed by atoms with Crippen LogP contribution < -0.4 is 0 Å². The van der Waals surface area contributed by atoms with Gasteiger partial charge in [0.1, 0.15) is 0 Å². The number of rotatable bonds is 0. The molecule has 0 fully saturated rings. The number of ketones is 1. The first-order valence-electron chi connectivity index (χ1n) is 4.15. The molecular weight excluding hydrogens is 244 g/mol. The molecule has 0 N–H and O–H groups in total. The van der Waals surface area contributed by atoms with Gasteiger partial charge in [-0.25, -0.2) is 4.98 Å². The SMILES string of the molecule is O=C1c2ccc(Br)cc2-n2ccnc21. The van der Waals surface area contributed by atoms with Gasteiger partial charge in [-0.05, 0) is 18.2 Å². The van der Waals surface area contributed by atoms with Crippen molar-refractivity contribution in [2.45, 2.75) is 0 Å². The van der Waals surface area contributed by atoms with Crippen molar-refractivity contribution in [2.75, 3.05) is 0 Å². The Morgan fingerprint density at radius 3 is 3.07 bits per heavy atom. The average molecular weight is 249 g/mol. The van der Waals surface area contributed by atoms with Gasteiger partial charge in [-0.1, -0.05) is 15.9 Å². The molecule has 0 unspecified atom stereocenters. The summed E-state index contributed by atoms with van der Waals surface area (Å²) in [6, 6.07) is 5.60. The van der Waals surface area contributed by atoms with Crippen LogP contribution in [0.25, 0.3) is 5.69 Å². The number of aromatic nitrogens is 2. The summed E-state index contributed by atoms with van der Waals surface area (Å²) in [5.74, 6) is 0.496. The van der Waals surface area contributed by atoms with Crippen LogP contribution in [0.5, 0.6) is 0 Å². The second kappa shape index (κ2) is 2.54. The summed E-state index contributed by atoms with van der Waals surface area (Å²) in [6.07, 6.45) is 3.43. The van der Waals surface area contributed by atoms with Crippen molar-refractivity contribution in [2.24, 2.45) is 0 Å². The lowest BCUT2D eigenvalue weighted by molar-refractivity contribution is 0.103. The van der Waals surface area contributed by atoms with Crippen molar-refractivity contribution < 1.29 is 4.79 Å². The topological polar surface area (TPSA) is 34.9 Å². The predicted molar refractivity (Wildman–Crippen MR) is 54.7 cm³/mol. The maximum Gasteiger partial charge on any atom is 0.230 e. The maximum atomic E-state index is 11.8. The molecule has 2 aromatic rings. The summed E-state index contributed by atoms with van der Waals surface area (Å²) in [5.41, 5.74) is 1.62. The van der Waals surface area contributed by atoms with Gasteiger partial charge in [-0.2, -0.15) is 0 Å². The molecular formula is C10H5BrN2O. The molecule has 1 aliphatic rings. The Hall–Kier alpha value is -1.42. The third-order valence-electron chi connectivity index (χ3n) is 2.31. The molecule has 0 radical (unpaired) electrons. The van der Waals surface area contributed by atoms with Gasteiger partial charge in [0, 0.05) is 16.9 Å². The molecule has 0 saturated heterocycles. The lowest BCUT2D eigenvalue weighted by Gasteiger charge is -1.99. The molecule has 0 atom stereocenters. The summed E-state index contributed by atoms with van der Waals surface area (Å²) in [4.78, 5) is 15.8. The molecule has 0 aliphatic carbocycles. The highest BCUT2D eigenvalue weighted by Gasteiger charge is 2.27. The van der Waals surface area contributed by atoms with E-state index in [2.05, 4.69) is 20.9 Å². The molecule has 1 aromatic heterocycles. The van der Waals surface area contributed by atoms with E-state index in [1.54, 1.807) is 12.4 Å². The summed E-state index contributed by atoms with van der Waals surface area (Å²) < 4.78 is 2.77. The summed E-state index contributed by atoms with van der Waals surface area (Å²) >= 11 is 3.38. The minimum atomic E-state index is -0.00231. The van der Waals surface area contributed by atoms with Crippen LogP contribution >= 0.6 is 15.9 Å². The number of hydrogen-bond acceptors (Lipinski definition) is 2. The molecule has 68 valence electrons. The van der Waals surface area contributed by atoms with E-state index in [1.165, 1.54) is 0 Å². The first kappa shape index (κ1) is 7.94. The van der Waals surface area contributed by atoms with Gasteiger partial charge in [0.15, 0.2) is 5.82 Å². The van der Waals surface area contributed by atoms with Gasteiger partial charge in [-0.15, -0.1) is 0 Å². The van der Waals surface area contributed by atoms with Gasteiger partial charge in [0.25, 0.3) is 0 Å². The lowest BCUT2D eigenvalue weighted by atomic mass is 10.1. The second-order valence-electron chi connectivity index (χ2n) is 3.11. The van der Waals surface area contributed by atoms with Gasteiger partial charge < -0.3 is 0 Å². The third kappa shape index (κ3) is 0.861. The maximum absolute atomic E-state index is 11.8. The van der Waals surface area contributed by atoms with Gasteiger partial charge in [-0.3, -0.25) is 9.36 Å². The summed E-state index contributed by atoms with van der Waals surface area (Å²) in [6.45, 7) is 0. The number of halogens is 1. The fraction of sp³-hybridized carbons (Fsp3) is 0. The number of carbonyl (C=O) groups is 1. The number of fused-ring (bicyclic) bond motifs is 3. The van der Waals surface area contributed by atoms with E-state index in [0.717, 1.165) is 15.7 Å². The van der Waals surface area contributed by atoms with E-state index in [-0.39, 0.29) is 5.78 Å². The Bertz CT molecular complexity index is 545. The Kier molecular flexibility index (Phi) is 1.44. The fourth-order valence-corrected chi connectivity index (χ4v) is 2.03. The van der Waals surface area contributed by atoms with Gasteiger partial charge in [0.2, 0.25) is 5.78 Å². The first-order valence-corrected chi connectivity index (χ1v) is 4.94. The van der Waals surface area contributed by atoms with Crippen LogP contribution in [0.4, 0.5) is 0 Å². The smallest absolute Gasteiger partial charge is 0.230 e. The van der Waals surface area contributed by atoms with Crippen molar-refractivity contribution in [1.82, 2.24) is 9.55 Å². The van der Waals surface area contributed by atoms with Crippen LogP contribution in [-0.2, 0) is 0 Å². The van der Waals surface area contributed by atoms with Crippen LogP contribution in [0.3, 0.4) is 0 Å². The van der Waals surface area contributed by atoms with Crippen molar-refractivity contribution in [1.29, 1.82) is 0 Å². The monoisotopic (exact) mass is 248 g/mol. The average Bonchev–Trinajstić information content (AvgIpc) is 2.71. The van der Waals surface area contributed by atoms with Crippen LogP contribution in [0.1, 0.15) is 16.2 Å². The number of hydrogen-bond donors (Lipinski definition) is 0. The highest BCUT2D eigenvalue weighted by atomic mass is 79.9. The summed E-state index contributed by atoms with van der Waals surface area (Å²) in [5, 5.41) is 0. The zero-order chi connectivity index (χ0) is 9.71. The molecule has 0 bridgehead atoms. The van der Waals surface area contributed by atoms with Crippen molar-refractivity contribution in [3.8, 4) is 5.69 Å². The molecule has 2 heterocycles. The minimum Gasteiger partial charge on any atom is -0.296 e. The van der Waals surface area contributed by atoms with Gasteiger partial charge in [0.05, 0.1) is 11.3 Å². The number of benzene rings is 1. The molecule has 0 amide bonds. The second-order valence-corrected chi connectivity index (χ2v) is 4.03. The van der Waals surface area contributed by atoms with Crippen LogP contribution in [0.15, 0.2) is 35.1 Å². The zero-order valence-electron chi connectivity index (χ0n) is 7.07. The van der Waals surface area contributed by atoms with Crippen LogP contribution in [0, 0.1) is 0 Å². The molecule has 4 heteroatoms. The molecule has 14 heavy (non-hydrogen) atoms. The third-order valence-corrected chi connectivity index (χ3v) is 2.80. The number of imidazole rings is 1. The first-order chi connectivity index (χ1) is 6.77. The molecule has 0 saturated carbocycles. The minimum absolute atomic E-state index is 0.00231. The van der Waals surface area contributed by atoms with E-state index in [0.29, 0.717) is 5.82 Å². The largest absolute Gasteiger partial charge is 0.296 e. The van der Waals surface area contributed by atoms with E-state index < -0.39 is 0 Å². The fourth-order valence-electron chi connectivity index (χ4n) is 1.68. The molecule has 3 rings (SSSR count). The molecule has 0 spiro atoms. The zero-order valence-corrected chi connectivity index (χ0v) is 8.65. The highest BCUT2D eigenvalue weighted by Crippen LogP contribution is 2.28. The Labute approximate surface area is 88.5 Å². The molecule has 1 aromatic carbocycles. The molecule has 3 nitrogen and oxygen atoms in total. The number of carbonyl (C=O) groups excluding carboxylic acids is 1.